The summed E-state index contributed by atoms with van der Waals surface area (Å²) in [5, 5.41) is 17.7. The molecule has 0 spiro atoms. The lowest BCUT2D eigenvalue weighted by Gasteiger charge is -2.25. The summed E-state index contributed by atoms with van der Waals surface area (Å²) in [6.07, 6.45) is 7.75. The summed E-state index contributed by atoms with van der Waals surface area (Å²) in [6.45, 7) is 9.81. The number of ether oxygens (including phenoxy) is 4. The van der Waals surface area contributed by atoms with Crippen LogP contribution in [0.4, 0.5) is 17.1 Å². The van der Waals surface area contributed by atoms with E-state index in [2.05, 4.69) is 32.7 Å². The number of halogens is 1. The number of nitrogens with one attached hydrogen (secondary N) is 2. The Balaban J connectivity index is 1.21. The quantitative estimate of drug-likeness (QED) is 0.138. The maximum absolute atomic E-state index is 13.0. The van der Waals surface area contributed by atoms with Crippen LogP contribution in [0.25, 0.3) is 10.9 Å². The van der Waals surface area contributed by atoms with Gasteiger partial charge in [-0.05, 0) is 56.5 Å². The summed E-state index contributed by atoms with van der Waals surface area (Å²) >= 11 is 6.72. The molecular weight excluding hydrogens is 668 g/mol. The second-order valence-electron chi connectivity index (χ2n) is 12.4. The summed E-state index contributed by atoms with van der Waals surface area (Å²) in [7, 11) is 0. The van der Waals surface area contributed by atoms with Gasteiger partial charge in [0.15, 0.2) is 0 Å². The van der Waals surface area contributed by atoms with Gasteiger partial charge in [-0.2, -0.15) is 5.26 Å². The number of morpholine rings is 1. The minimum atomic E-state index is -0.287. The van der Waals surface area contributed by atoms with Crippen LogP contribution in [0.2, 0.25) is 5.02 Å². The van der Waals surface area contributed by atoms with Crippen LogP contribution in [-0.2, 0) is 27.3 Å². The molecule has 0 saturated carbocycles. The molecule has 12 heteroatoms. The Bertz CT molecular complexity index is 1900. The first-order valence-corrected chi connectivity index (χ1v) is 17.9. The molecule has 0 radical (unpaired) electrons. The van der Waals surface area contributed by atoms with E-state index in [1.807, 2.05) is 38.3 Å². The second-order valence-corrected chi connectivity index (χ2v) is 12.8. The zero-order chi connectivity index (χ0) is 35.6. The molecule has 11 nitrogen and oxygen atoms in total. The number of nitriles is 1. The van der Waals surface area contributed by atoms with Crippen molar-refractivity contribution >= 4 is 45.5 Å². The molecule has 51 heavy (non-hydrogen) atoms. The molecule has 2 aliphatic heterocycles. The monoisotopic (exact) mass is 710 g/mol. The molecule has 266 valence electrons. The van der Waals surface area contributed by atoms with E-state index in [-0.39, 0.29) is 5.91 Å². The van der Waals surface area contributed by atoms with Gasteiger partial charge < -0.3 is 29.6 Å². The fourth-order valence-corrected chi connectivity index (χ4v) is 6.48. The molecule has 6 rings (SSSR count). The molecular formula is C39H43ClN6O5. The first-order valence-electron chi connectivity index (χ1n) is 17.5. The average molecular weight is 711 g/mol. The van der Waals surface area contributed by atoms with Crippen molar-refractivity contribution in [2.24, 2.45) is 0 Å². The van der Waals surface area contributed by atoms with Crippen LogP contribution in [0.1, 0.15) is 55.1 Å². The number of carbonyl (C=O) groups excluding carboxylic acids is 1. The lowest BCUT2D eigenvalue weighted by Crippen LogP contribution is -2.36. The minimum Gasteiger partial charge on any atom is -0.492 e. The van der Waals surface area contributed by atoms with E-state index in [1.165, 1.54) is 6.08 Å². The third-order valence-corrected chi connectivity index (χ3v) is 9.28. The zero-order valence-corrected chi connectivity index (χ0v) is 29.8. The molecule has 2 aromatic heterocycles. The van der Waals surface area contributed by atoms with E-state index >= 15 is 0 Å². The molecule has 2 aromatic carbocycles. The van der Waals surface area contributed by atoms with Crippen molar-refractivity contribution in [1.82, 2.24) is 14.9 Å². The predicted octanol–water partition coefficient (Wildman–Crippen LogP) is 7.16. The van der Waals surface area contributed by atoms with Crippen molar-refractivity contribution < 1.29 is 23.7 Å². The van der Waals surface area contributed by atoms with Gasteiger partial charge >= 0.3 is 0 Å². The predicted molar refractivity (Wildman–Crippen MR) is 198 cm³/mol. The zero-order valence-electron chi connectivity index (χ0n) is 29.0. The smallest absolute Gasteiger partial charge is 0.248 e. The summed E-state index contributed by atoms with van der Waals surface area (Å²) in [6, 6.07) is 15.5. The molecule has 4 heterocycles. The van der Waals surface area contributed by atoms with Gasteiger partial charge in [-0.15, -0.1) is 0 Å². The fourth-order valence-electron chi connectivity index (χ4n) is 6.24. The van der Waals surface area contributed by atoms with Crippen molar-refractivity contribution in [3.8, 4) is 17.6 Å². The number of carbonyl (C=O) groups is 1. The molecule has 2 aliphatic rings. The SMILES string of the molecule is CCOc1cc2nc(CC)c(C#N)c(Nc3ccc(OCc4ccc(C5CCOCC5)nc4)c(Cl)c3)c2cc1NC(=O)/C=C/CN1CCOCC1. The molecule has 2 saturated heterocycles. The molecule has 2 N–H and O–H groups in total. The number of rotatable bonds is 13. The van der Waals surface area contributed by atoms with Crippen molar-refractivity contribution in [3.63, 3.8) is 0 Å². The number of aryl methyl sites for hydroxylation is 1. The van der Waals surface area contributed by atoms with E-state index in [4.69, 9.17) is 35.5 Å². The summed E-state index contributed by atoms with van der Waals surface area (Å²) in [5.74, 6) is 1.16. The van der Waals surface area contributed by atoms with Crippen LogP contribution in [0.15, 0.2) is 60.8 Å². The number of anilines is 3. The molecule has 0 atom stereocenters. The van der Waals surface area contributed by atoms with Gasteiger partial charge in [0.05, 0.1) is 53.0 Å². The standard InChI is InChI=1S/C39H43ClN6O5/c1-3-32-30(23-41)39(29-21-35(37(50-4-2)22-34(29)44-32)45-38(47)6-5-13-46-14-18-49-19-15-46)43-28-8-10-36(31(40)20-28)51-25-26-7-9-33(42-24-26)27-11-16-48-17-12-27/h5-10,20-22,24,27H,3-4,11-19,25H2,1-2H3,(H,43,44)(H,45,47)/b6-5+. The highest BCUT2D eigenvalue weighted by Crippen LogP contribution is 2.39. The van der Waals surface area contributed by atoms with Gasteiger partial charge in [0, 0.05) is 79.4 Å². The minimum absolute atomic E-state index is 0.287. The van der Waals surface area contributed by atoms with E-state index < -0.39 is 0 Å². The first-order chi connectivity index (χ1) is 24.9. The number of pyridine rings is 2. The van der Waals surface area contributed by atoms with E-state index in [0.717, 1.165) is 50.4 Å². The lowest BCUT2D eigenvalue weighted by atomic mass is 9.96. The Morgan fingerprint density at radius 2 is 1.86 bits per heavy atom. The normalized spacial score (nSPS) is 15.5. The van der Waals surface area contributed by atoms with Gasteiger partial charge in [-0.3, -0.25) is 19.7 Å². The largest absolute Gasteiger partial charge is 0.492 e. The van der Waals surface area contributed by atoms with Gasteiger partial charge in [-0.25, -0.2) is 0 Å². The maximum atomic E-state index is 13.0. The van der Waals surface area contributed by atoms with Gasteiger partial charge in [-0.1, -0.05) is 30.7 Å². The van der Waals surface area contributed by atoms with Crippen molar-refractivity contribution in [2.45, 2.75) is 45.6 Å². The Kier molecular flexibility index (Phi) is 12.4. The van der Waals surface area contributed by atoms with Crippen molar-refractivity contribution in [2.75, 3.05) is 63.3 Å². The molecule has 1 amide bonds. The van der Waals surface area contributed by atoms with E-state index in [1.54, 1.807) is 24.3 Å². The highest BCUT2D eigenvalue weighted by Gasteiger charge is 2.20. The van der Waals surface area contributed by atoms with Gasteiger partial charge in [0.1, 0.15) is 24.2 Å². The van der Waals surface area contributed by atoms with Crippen molar-refractivity contribution in [1.29, 1.82) is 5.26 Å². The Hall–Kier alpha value is -4.73. The van der Waals surface area contributed by atoms with E-state index in [9.17, 15) is 10.1 Å². The number of hydrogen-bond acceptors (Lipinski definition) is 10. The van der Waals surface area contributed by atoms with Crippen LogP contribution in [0.5, 0.6) is 11.5 Å². The molecule has 0 unspecified atom stereocenters. The molecule has 2 fully saturated rings. The van der Waals surface area contributed by atoms with E-state index in [0.29, 0.717) is 101 Å². The molecule has 0 bridgehead atoms. The third kappa shape index (κ3) is 9.15. The number of nitrogens with zero attached hydrogens (tertiary/aromatic N) is 4. The lowest BCUT2D eigenvalue weighted by molar-refractivity contribution is -0.111. The highest BCUT2D eigenvalue weighted by molar-refractivity contribution is 6.32. The number of fused-ring (bicyclic) bond motifs is 1. The topological polar surface area (TPSA) is 131 Å². The third-order valence-electron chi connectivity index (χ3n) is 8.98. The summed E-state index contributed by atoms with van der Waals surface area (Å²) in [5.41, 5.74) is 5.39. The first kappa shape index (κ1) is 36.1. The number of benzene rings is 2. The second kappa shape index (κ2) is 17.5. The highest BCUT2D eigenvalue weighted by atomic mass is 35.5. The molecule has 4 aromatic rings. The van der Waals surface area contributed by atoms with Crippen LogP contribution >= 0.6 is 11.6 Å². The van der Waals surface area contributed by atoms with Crippen LogP contribution < -0.4 is 20.1 Å². The summed E-state index contributed by atoms with van der Waals surface area (Å²) < 4.78 is 22.9. The Labute approximate surface area is 303 Å². The fraction of sp³-hybridized carbons (Fsp3) is 0.385. The maximum Gasteiger partial charge on any atom is 0.248 e. The van der Waals surface area contributed by atoms with Gasteiger partial charge in [0.2, 0.25) is 5.91 Å². The van der Waals surface area contributed by atoms with Crippen LogP contribution in [0.3, 0.4) is 0 Å². The van der Waals surface area contributed by atoms with Crippen LogP contribution in [-0.4, -0.2) is 73.4 Å². The molecule has 0 aliphatic carbocycles. The number of aromatic nitrogens is 2. The summed E-state index contributed by atoms with van der Waals surface area (Å²) in [4.78, 5) is 24.7. The average Bonchev–Trinajstić information content (AvgIpc) is 3.16. The number of hydrogen-bond donors (Lipinski definition) is 2. The Morgan fingerprint density at radius 1 is 1.06 bits per heavy atom. The number of amides is 1. The van der Waals surface area contributed by atoms with Gasteiger partial charge in [0.25, 0.3) is 0 Å². The Morgan fingerprint density at radius 3 is 2.57 bits per heavy atom. The van der Waals surface area contributed by atoms with Crippen molar-refractivity contribution in [3.05, 3.63) is 88.4 Å². The van der Waals surface area contributed by atoms with Crippen LogP contribution in [0, 0.1) is 11.3 Å².